The summed E-state index contributed by atoms with van der Waals surface area (Å²) in [6.45, 7) is 4.24. The van der Waals surface area contributed by atoms with Gasteiger partial charge in [-0.15, -0.1) is 0 Å². The fraction of sp³-hybridized carbons (Fsp3) is 0.133. The van der Waals surface area contributed by atoms with Gasteiger partial charge < -0.3 is 0 Å². The molecule has 1 aromatic carbocycles. The highest BCUT2D eigenvalue weighted by atomic mass is 15.1. The summed E-state index contributed by atoms with van der Waals surface area (Å²) in [4.78, 5) is 3.25. The number of imidazole rings is 1. The van der Waals surface area contributed by atoms with Crippen molar-refractivity contribution < 1.29 is 4.40 Å². The first-order valence-corrected chi connectivity index (χ1v) is 6.07. The summed E-state index contributed by atoms with van der Waals surface area (Å²) in [5.74, 6) is 1.04. The Morgan fingerprint density at radius 1 is 1.00 bits per heavy atom. The number of nitrogens with zero attached hydrogens (tertiary/aromatic N) is 1. The minimum absolute atomic E-state index is 1.04. The van der Waals surface area contributed by atoms with Gasteiger partial charge in [-0.1, -0.05) is 24.3 Å². The molecule has 3 heteroatoms. The van der Waals surface area contributed by atoms with Gasteiger partial charge >= 0.3 is 0 Å². The molecule has 0 aliphatic heterocycles. The first kappa shape index (κ1) is 10.8. The number of hydrogen-bond donors (Lipinski definition) is 2. The number of pyridine rings is 1. The predicted molar refractivity (Wildman–Crippen MR) is 73.2 cm³/mol. The number of aromatic nitrogens is 2. The second-order valence-corrected chi connectivity index (χ2v) is 4.52. The van der Waals surface area contributed by atoms with Crippen molar-refractivity contribution in [1.82, 2.24) is 4.98 Å². The van der Waals surface area contributed by atoms with Crippen molar-refractivity contribution in [3.8, 4) is 0 Å². The van der Waals surface area contributed by atoms with E-state index in [0.717, 1.165) is 11.5 Å². The number of benzene rings is 1. The van der Waals surface area contributed by atoms with Gasteiger partial charge in [-0.05, 0) is 31.0 Å². The fourth-order valence-corrected chi connectivity index (χ4v) is 2.22. The summed E-state index contributed by atoms with van der Waals surface area (Å²) in [6, 6.07) is 12.4. The maximum atomic E-state index is 3.50. The zero-order chi connectivity index (χ0) is 12.5. The molecule has 3 aromatic rings. The van der Waals surface area contributed by atoms with Crippen LogP contribution < -0.4 is 9.72 Å². The molecule has 0 bridgehead atoms. The molecular weight excluding hydrogens is 222 g/mol. The molecule has 0 spiro atoms. The van der Waals surface area contributed by atoms with E-state index in [1.807, 2.05) is 24.5 Å². The highest BCUT2D eigenvalue weighted by molar-refractivity contribution is 5.63. The number of nitrogens with one attached hydrogen (secondary N) is 2. The Morgan fingerprint density at radius 2 is 1.78 bits per heavy atom. The van der Waals surface area contributed by atoms with Crippen LogP contribution in [0.3, 0.4) is 0 Å². The lowest BCUT2D eigenvalue weighted by Crippen LogP contribution is -2.22. The van der Waals surface area contributed by atoms with Gasteiger partial charge in [-0.25, -0.2) is 4.40 Å². The van der Waals surface area contributed by atoms with Gasteiger partial charge in [0.15, 0.2) is 0 Å². The molecule has 2 aromatic heterocycles. The Kier molecular flexibility index (Phi) is 2.52. The number of fused-ring (bicyclic) bond motifs is 1. The third-order valence-electron chi connectivity index (χ3n) is 3.21. The molecule has 2 N–H and O–H groups in total. The molecule has 2 heterocycles. The van der Waals surface area contributed by atoms with Gasteiger partial charge in [0.1, 0.15) is 11.9 Å². The van der Waals surface area contributed by atoms with Crippen LogP contribution in [0.25, 0.3) is 5.65 Å². The van der Waals surface area contributed by atoms with Crippen LogP contribution in [0.4, 0.5) is 11.5 Å². The van der Waals surface area contributed by atoms with Crippen LogP contribution in [0.5, 0.6) is 0 Å². The monoisotopic (exact) mass is 238 g/mol. The van der Waals surface area contributed by atoms with Crippen molar-refractivity contribution in [2.45, 2.75) is 13.8 Å². The van der Waals surface area contributed by atoms with Crippen molar-refractivity contribution in [3.63, 3.8) is 0 Å². The molecule has 18 heavy (non-hydrogen) atoms. The standard InChI is InChI=1S/C15H15N3/c1-11-6-5-7-12(2)15(11)17-14-10-16-13-8-3-4-9-18(13)14/h3-10,17H,1-2H3/p+1. The molecule has 90 valence electrons. The Hall–Kier alpha value is -2.29. The first-order valence-electron chi connectivity index (χ1n) is 6.07. The number of aryl methyl sites for hydroxylation is 2. The van der Waals surface area contributed by atoms with Crippen LogP contribution in [0.15, 0.2) is 48.8 Å². The van der Waals surface area contributed by atoms with E-state index >= 15 is 0 Å². The zero-order valence-corrected chi connectivity index (χ0v) is 10.6. The van der Waals surface area contributed by atoms with Crippen LogP contribution in [0.1, 0.15) is 11.1 Å². The second-order valence-electron chi connectivity index (χ2n) is 4.52. The largest absolute Gasteiger partial charge is 0.273 e. The van der Waals surface area contributed by atoms with E-state index in [0.29, 0.717) is 0 Å². The Balaban J connectivity index is 2.07. The Morgan fingerprint density at radius 3 is 2.56 bits per heavy atom. The second kappa shape index (κ2) is 4.18. The van der Waals surface area contributed by atoms with Crippen molar-refractivity contribution in [1.29, 1.82) is 0 Å². The van der Waals surface area contributed by atoms with Gasteiger partial charge in [-0.2, -0.15) is 0 Å². The quantitative estimate of drug-likeness (QED) is 0.660. The average molecular weight is 238 g/mol. The zero-order valence-electron chi connectivity index (χ0n) is 10.6. The van der Waals surface area contributed by atoms with Gasteiger partial charge in [0.2, 0.25) is 5.65 Å². The highest BCUT2D eigenvalue weighted by Gasteiger charge is 2.12. The summed E-state index contributed by atoms with van der Waals surface area (Å²) in [5, 5.41) is 3.50. The number of aromatic amines is 1. The smallest absolute Gasteiger partial charge is 0.263 e. The van der Waals surface area contributed by atoms with Crippen molar-refractivity contribution >= 4 is 17.2 Å². The normalized spacial score (nSPS) is 10.8. The van der Waals surface area contributed by atoms with E-state index in [9.17, 15) is 0 Å². The molecule has 0 aliphatic rings. The minimum atomic E-state index is 1.04. The molecule has 0 unspecified atom stereocenters. The van der Waals surface area contributed by atoms with Crippen LogP contribution in [-0.2, 0) is 0 Å². The maximum Gasteiger partial charge on any atom is 0.263 e. The molecule has 3 nitrogen and oxygen atoms in total. The van der Waals surface area contributed by atoms with Crippen molar-refractivity contribution in [2.75, 3.05) is 5.32 Å². The molecule has 0 atom stereocenters. The van der Waals surface area contributed by atoms with Crippen LogP contribution in [0.2, 0.25) is 0 Å². The van der Waals surface area contributed by atoms with Crippen molar-refractivity contribution in [2.24, 2.45) is 0 Å². The number of para-hydroxylation sites is 1. The molecule has 0 radical (unpaired) electrons. The molecule has 0 fully saturated rings. The van der Waals surface area contributed by atoms with E-state index in [1.165, 1.54) is 16.8 Å². The lowest BCUT2D eigenvalue weighted by atomic mass is 10.1. The summed E-state index contributed by atoms with van der Waals surface area (Å²) < 4.78 is 2.10. The Labute approximate surface area is 106 Å². The van der Waals surface area contributed by atoms with Crippen LogP contribution in [0, 0.1) is 13.8 Å². The summed E-state index contributed by atoms with van der Waals surface area (Å²) in [7, 11) is 0. The van der Waals surface area contributed by atoms with Crippen LogP contribution >= 0.6 is 0 Å². The average Bonchev–Trinajstić information content (AvgIpc) is 2.77. The highest BCUT2D eigenvalue weighted by Crippen LogP contribution is 2.22. The molecule has 0 saturated heterocycles. The lowest BCUT2D eigenvalue weighted by Gasteiger charge is -2.06. The van der Waals surface area contributed by atoms with E-state index in [2.05, 4.69) is 52.8 Å². The van der Waals surface area contributed by atoms with Gasteiger partial charge in [-0.3, -0.25) is 10.3 Å². The van der Waals surface area contributed by atoms with E-state index in [-0.39, 0.29) is 0 Å². The number of hydrogen-bond acceptors (Lipinski definition) is 1. The SMILES string of the molecule is Cc1cccc(C)c1Nc1c[nH]c2cccc[n+]12. The van der Waals surface area contributed by atoms with Crippen LogP contribution in [-0.4, -0.2) is 4.98 Å². The first-order chi connectivity index (χ1) is 8.75. The molecule has 0 aliphatic carbocycles. The third-order valence-corrected chi connectivity index (χ3v) is 3.21. The predicted octanol–water partition coefficient (Wildman–Crippen LogP) is 3.11. The van der Waals surface area contributed by atoms with Gasteiger partial charge in [0.25, 0.3) is 5.82 Å². The molecule has 0 saturated carbocycles. The maximum absolute atomic E-state index is 3.50. The fourth-order valence-electron chi connectivity index (χ4n) is 2.22. The summed E-state index contributed by atoms with van der Waals surface area (Å²) in [5.41, 5.74) is 4.75. The van der Waals surface area contributed by atoms with E-state index in [1.54, 1.807) is 0 Å². The molecule has 0 amide bonds. The topological polar surface area (TPSA) is 31.9 Å². The summed E-state index contributed by atoms with van der Waals surface area (Å²) in [6.07, 6.45) is 4.03. The number of rotatable bonds is 2. The minimum Gasteiger partial charge on any atom is -0.273 e. The van der Waals surface area contributed by atoms with Crippen molar-refractivity contribution in [3.05, 3.63) is 59.9 Å². The lowest BCUT2D eigenvalue weighted by molar-refractivity contribution is -0.494. The van der Waals surface area contributed by atoms with E-state index < -0.39 is 0 Å². The van der Waals surface area contributed by atoms with E-state index in [4.69, 9.17) is 0 Å². The number of H-pyrrole nitrogens is 1. The summed E-state index contributed by atoms with van der Waals surface area (Å²) >= 11 is 0. The van der Waals surface area contributed by atoms with Gasteiger partial charge in [0.05, 0.1) is 6.20 Å². The third kappa shape index (κ3) is 1.74. The molecular formula is C15H16N3+. The Bertz CT molecular complexity index is 678. The molecule has 3 rings (SSSR count). The van der Waals surface area contributed by atoms with Gasteiger partial charge in [0, 0.05) is 6.07 Å². The number of anilines is 2.